The summed E-state index contributed by atoms with van der Waals surface area (Å²) >= 11 is 0. The molecule has 5 heteroatoms. The number of hydrogen-bond acceptors (Lipinski definition) is 3. The summed E-state index contributed by atoms with van der Waals surface area (Å²) in [7, 11) is 0. The van der Waals surface area contributed by atoms with Crippen molar-refractivity contribution in [3.05, 3.63) is 11.4 Å². The number of carbonyl (C=O) groups excluding carboxylic acids is 1. The lowest BCUT2D eigenvalue weighted by Gasteiger charge is -2.09. The summed E-state index contributed by atoms with van der Waals surface area (Å²) < 4.78 is 1.67. The first-order valence-corrected chi connectivity index (χ1v) is 6.78. The molecule has 0 unspecified atom stereocenters. The quantitative estimate of drug-likeness (QED) is 0.876. The van der Waals surface area contributed by atoms with Crippen molar-refractivity contribution in [3.63, 3.8) is 0 Å². The van der Waals surface area contributed by atoms with Gasteiger partial charge in [-0.2, -0.15) is 5.10 Å². The van der Waals surface area contributed by atoms with E-state index in [-0.39, 0.29) is 22.8 Å². The molecule has 1 aromatic rings. The Hall–Kier alpha value is -1.52. The van der Waals surface area contributed by atoms with Crippen LogP contribution in [0.2, 0.25) is 0 Å². The molecule has 1 saturated carbocycles. The summed E-state index contributed by atoms with van der Waals surface area (Å²) in [6, 6.07) is 0.174. The molecular weight excluding hydrogens is 240 g/mol. The maximum Gasteiger partial charge on any atom is 0.271 e. The molecule has 2 rings (SSSR count). The van der Waals surface area contributed by atoms with Crippen molar-refractivity contribution in [1.29, 1.82) is 0 Å². The molecule has 0 spiro atoms. The lowest BCUT2D eigenvalue weighted by Crippen LogP contribution is -2.32. The number of rotatable bonds is 3. The zero-order chi connectivity index (χ0) is 14.6. The third kappa shape index (κ3) is 1.83. The molecule has 1 heterocycles. The first-order chi connectivity index (χ1) is 8.64. The highest BCUT2D eigenvalue weighted by Crippen LogP contribution is 2.62. The molecule has 1 aliphatic rings. The second kappa shape index (κ2) is 3.99. The van der Waals surface area contributed by atoms with Crippen LogP contribution >= 0.6 is 0 Å². The Morgan fingerprint density at radius 1 is 1.37 bits per heavy atom. The van der Waals surface area contributed by atoms with E-state index in [2.05, 4.69) is 38.1 Å². The molecule has 1 amide bonds. The van der Waals surface area contributed by atoms with Gasteiger partial charge < -0.3 is 11.1 Å². The Morgan fingerprint density at radius 2 is 1.89 bits per heavy atom. The molecule has 106 valence electrons. The fraction of sp³-hybridized carbons (Fsp3) is 0.714. The first kappa shape index (κ1) is 13.9. The smallest absolute Gasteiger partial charge is 0.271 e. The van der Waals surface area contributed by atoms with E-state index >= 15 is 0 Å². The predicted molar refractivity (Wildman–Crippen MR) is 75.9 cm³/mol. The number of anilines is 1. The van der Waals surface area contributed by atoms with Crippen LogP contribution in [0.5, 0.6) is 0 Å². The number of nitrogen functional groups attached to an aromatic ring is 1. The van der Waals surface area contributed by atoms with E-state index in [4.69, 9.17) is 5.73 Å². The molecule has 0 radical (unpaired) electrons. The van der Waals surface area contributed by atoms with Crippen LogP contribution in [-0.2, 0) is 6.54 Å². The lowest BCUT2D eigenvalue weighted by molar-refractivity contribution is 0.0934. The van der Waals surface area contributed by atoms with Crippen LogP contribution < -0.4 is 11.1 Å². The number of carbonyl (C=O) groups is 1. The lowest BCUT2D eigenvalue weighted by atomic mass is 10.0. The maximum atomic E-state index is 12.4. The SMILES string of the molecule is CCn1nc(C)c(N)c1C(=O)NC1C(C)(C)C1(C)C. The van der Waals surface area contributed by atoms with Crippen molar-refractivity contribution in [1.82, 2.24) is 15.1 Å². The third-order valence-electron chi connectivity index (χ3n) is 4.98. The predicted octanol–water partition coefficient (Wildman–Crippen LogP) is 1.96. The molecule has 19 heavy (non-hydrogen) atoms. The Bertz CT molecular complexity index is 514. The van der Waals surface area contributed by atoms with Crippen LogP contribution in [-0.4, -0.2) is 21.7 Å². The van der Waals surface area contributed by atoms with E-state index in [1.165, 1.54) is 0 Å². The van der Waals surface area contributed by atoms with E-state index in [0.717, 1.165) is 0 Å². The zero-order valence-corrected chi connectivity index (χ0v) is 12.7. The molecule has 3 N–H and O–H groups in total. The van der Waals surface area contributed by atoms with Gasteiger partial charge in [-0.1, -0.05) is 27.7 Å². The molecule has 1 aromatic heterocycles. The molecule has 0 atom stereocenters. The van der Waals surface area contributed by atoms with Crippen LogP contribution in [0.3, 0.4) is 0 Å². The summed E-state index contributed by atoms with van der Waals surface area (Å²) in [6.45, 7) is 13.1. The van der Waals surface area contributed by atoms with E-state index < -0.39 is 0 Å². The van der Waals surface area contributed by atoms with Gasteiger partial charge in [-0.15, -0.1) is 0 Å². The molecular formula is C14H24N4O. The van der Waals surface area contributed by atoms with Gasteiger partial charge >= 0.3 is 0 Å². The number of hydrogen-bond donors (Lipinski definition) is 2. The number of aryl methyl sites for hydroxylation is 2. The number of nitrogens with two attached hydrogens (primary N) is 1. The third-order valence-corrected chi connectivity index (χ3v) is 4.98. The zero-order valence-electron chi connectivity index (χ0n) is 12.7. The molecule has 0 aromatic carbocycles. The Balaban J connectivity index is 2.23. The summed E-state index contributed by atoms with van der Waals surface area (Å²) in [5.74, 6) is -0.122. The van der Waals surface area contributed by atoms with Gasteiger partial charge in [-0.3, -0.25) is 9.48 Å². The fourth-order valence-corrected chi connectivity index (χ4v) is 2.82. The average molecular weight is 264 g/mol. The second-order valence-corrected chi connectivity index (χ2v) is 6.51. The molecule has 0 saturated heterocycles. The highest BCUT2D eigenvalue weighted by atomic mass is 16.2. The normalized spacial score (nSPS) is 20.3. The summed E-state index contributed by atoms with van der Waals surface area (Å²) in [5.41, 5.74) is 7.87. The Kier molecular flexibility index (Phi) is 2.92. The standard InChI is InChI=1S/C14H24N4O/c1-7-18-10(9(15)8(2)17-18)11(19)16-12-13(3,4)14(12,5)6/h12H,7,15H2,1-6H3,(H,16,19). The first-order valence-electron chi connectivity index (χ1n) is 6.78. The molecule has 0 aliphatic heterocycles. The van der Waals surface area contributed by atoms with Gasteiger partial charge in [0.15, 0.2) is 0 Å². The Morgan fingerprint density at radius 3 is 2.32 bits per heavy atom. The average Bonchev–Trinajstić information content (AvgIpc) is 2.58. The number of nitrogens with zero attached hydrogens (tertiary/aromatic N) is 2. The fourth-order valence-electron chi connectivity index (χ4n) is 2.82. The van der Waals surface area contributed by atoms with Gasteiger partial charge in [0.25, 0.3) is 5.91 Å². The summed E-state index contributed by atoms with van der Waals surface area (Å²) in [6.07, 6.45) is 0. The summed E-state index contributed by atoms with van der Waals surface area (Å²) in [5, 5.41) is 7.38. The van der Waals surface area contributed by atoms with Crippen LogP contribution in [0.25, 0.3) is 0 Å². The topological polar surface area (TPSA) is 72.9 Å². The van der Waals surface area contributed by atoms with Crippen molar-refractivity contribution >= 4 is 11.6 Å². The maximum absolute atomic E-state index is 12.4. The number of nitrogens with one attached hydrogen (secondary N) is 1. The monoisotopic (exact) mass is 264 g/mol. The van der Waals surface area contributed by atoms with Gasteiger partial charge in [0.1, 0.15) is 5.69 Å². The largest absolute Gasteiger partial charge is 0.395 e. The van der Waals surface area contributed by atoms with E-state index in [9.17, 15) is 4.79 Å². The highest BCUT2D eigenvalue weighted by Gasteiger charge is 2.65. The summed E-state index contributed by atoms with van der Waals surface area (Å²) in [4.78, 5) is 12.4. The van der Waals surface area contributed by atoms with Crippen molar-refractivity contribution in [3.8, 4) is 0 Å². The highest BCUT2D eigenvalue weighted by molar-refractivity contribution is 5.98. The van der Waals surface area contributed by atoms with Gasteiger partial charge in [0, 0.05) is 12.6 Å². The van der Waals surface area contributed by atoms with Gasteiger partial charge in [-0.25, -0.2) is 0 Å². The van der Waals surface area contributed by atoms with Crippen LogP contribution in [0.4, 0.5) is 5.69 Å². The van der Waals surface area contributed by atoms with E-state index in [1.54, 1.807) is 4.68 Å². The van der Waals surface area contributed by atoms with E-state index in [1.807, 2.05) is 13.8 Å². The molecule has 5 nitrogen and oxygen atoms in total. The molecule has 1 fully saturated rings. The van der Waals surface area contributed by atoms with Crippen molar-refractivity contribution in [2.45, 2.75) is 54.1 Å². The van der Waals surface area contributed by atoms with Crippen molar-refractivity contribution < 1.29 is 4.79 Å². The van der Waals surface area contributed by atoms with Gasteiger partial charge in [0.2, 0.25) is 0 Å². The number of aromatic nitrogens is 2. The minimum Gasteiger partial charge on any atom is -0.395 e. The minimum atomic E-state index is -0.122. The second-order valence-electron chi connectivity index (χ2n) is 6.51. The minimum absolute atomic E-state index is 0.115. The van der Waals surface area contributed by atoms with Crippen LogP contribution in [0.1, 0.15) is 50.8 Å². The van der Waals surface area contributed by atoms with E-state index in [0.29, 0.717) is 23.6 Å². The van der Waals surface area contributed by atoms with Crippen molar-refractivity contribution in [2.24, 2.45) is 10.8 Å². The van der Waals surface area contributed by atoms with Gasteiger partial charge in [-0.05, 0) is 24.7 Å². The number of amides is 1. The molecule has 0 bridgehead atoms. The van der Waals surface area contributed by atoms with Crippen LogP contribution in [0, 0.1) is 17.8 Å². The van der Waals surface area contributed by atoms with Gasteiger partial charge in [0.05, 0.1) is 11.4 Å². The van der Waals surface area contributed by atoms with Crippen molar-refractivity contribution in [2.75, 3.05) is 5.73 Å². The Labute approximate surface area is 114 Å². The van der Waals surface area contributed by atoms with Crippen LogP contribution in [0.15, 0.2) is 0 Å². The molecule has 1 aliphatic carbocycles.